The molecule has 25 heavy (non-hydrogen) atoms. The lowest BCUT2D eigenvalue weighted by molar-refractivity contribution is -0.117. The summed E-state index contributed by atoms with van der Waals surface area (Å²) in [6.45, 7) is 2.20. The van der Waals surface area contributed by atoms with Gasteiger partial charge in [0.05, 0.1) is 6.04 Å². The molecule has 2 N–H and O–H groups in total. The van der Waals surface area contributed by atoms with Crippen molar-refractivity contribution in [3.8, 4) is 0 Å². The number of carbonyl (C=O) groups excluding carboxylic acids is 2. The summed E-state index contributed by atoms with van der Waals surface area (Å²) in [6, 6.07) is 10.2. The molecule has 2 aromatic rings. The SMILES string of the molecule is Cc1ccc(Cl)cc1NC(=O)N[C@@H]1CC(=O)N(c2ccc(F)cc2)C1. The number of hydrogen-bond acceptors (Lipinski definition) is 2. The van der Waals surface area contributed by atoms with Gasteiger partial charge in [-0.25, -0.2) is 9.18 Å². The Morgan fingerprint density at radius 3 is 2.68 bits per heavy atom. The third-order valence-electron chi connectivity index (χ3n) is 4.05. The molecule has 0 bridgehead atoms. The maximum Gasteiger partial charge on any atom is 0.319 e. The van der Waals surface area contributed by atoms with E-state index in [4.69, 9.17) is 11.6 Å². The van der Waals surface area contributed by atoms with Gasteiger partial charge in [0.15, 0.2) is 0 Å². The number of nitrogens with zero attached hydrogens (tertiary/aromatic N) is 1. The Balaban J connectivity index is 1.62. The van der Waals surface area contributed by atoms with Crippen molar-refractivity contribution in [2.75, 3.05) is 16.8 Å². The van der Waals surface area contributed by atoms with Gasteiger partial charge >= 0.3 is 6.03 Å². The summed E-state index contributed by atoms with van der Waals surface area (Å²) in [5, 5.41) is 6.05. The van der Waals surface area contributed by atoms with E-state index in [2.05, 4.69) is 10.6 Å². The molecule has 1 aliphatic heterocycles. The Kier molecular flexibility index (Phi) is 4.90. The van der Waals surface area contributed by atoms with Crippen LogP contribution in [0.15, 0.2) is 42.5 Å². The minimum atomic E-state index is -0.399. The molecule has 1 atom stereocenters. The minimum absolute atomic E-state index is 0.115. The van der Waals surface area contributed by atoms with Crippen LogP contribution >= 0.6 is 11.6 Å². The molecule has 0 spiro atoms. The highest BCUT2D eigenvalue weighted by atomic mass is 35.5. The summed E-state index contributed by atoms with van der Waals surface area (Å²) in [5.41, 5.74) is 2.11. The molecule has 2 aromatic carbocycles. The van der Waals surface area contributed by atoms with Gasteiger partial charge in [-0.1, -0.05) is 17.7 Å². The van der Waals surface area contributed by atoms with Crippen molar-refractivity contribution in [1.29, 1.82) is 0 Å². The van der Waals surface area contributed by atoms with Gasteiger partial charge in [-0.3, -0.25) is 4.79 Å². The van der Waals surface area contributed by atoms with Crippen molar-refractivity contribution in [2.45, 2.75) is 19.4 Å². The van der Waals surface area contributed by atoms with E-state index >= 15 is 0 Å². The Bertz CT molecular complexity index is 810. The fourth-order valence-electron chi connectivity index (χ4n) is 2.75. The van der Waals surface area contributed by atoms with Crippen molar-refractivity contribution in [1.82, 2.24) is 5.32 Å². The fourth-order valence-corrected chi connectivity index (χ4v) is 2.92. The lowest BCUT2D eigenvalue weighted by Crippen LogP contribution is -2.39. The second-order valence-corrected chi connectivity index (χ2v) is 6.38. The largest absolute Gasteiger partial charge is 0.333 e. The summed E-state index contributed by atoms with van der Waals surface area (Å²) in [5.74, 6) is -0.475. The van der Waals surface area contributed by atoms with Crippen LogP contribution in [0, 0.1) is 12.7 Å². The normalized spacial score (nSPS) is 16.8. The number of halogens is 2. The Morgan fingerprint density at radius 2 is 1.96 bits per heavy atom. The van der Waals surface area contributed by atoms with Gasteiger partial charge in [-0.15, -0.1) is 0 Å². The topological polar surface area (TPSA) is 61.4 Å². The van der Waals surface area contributed by atoms with E-state index in [1.54, 1.807) is 24.3 Å². The first-order chi connectivity index (χ1) is 11.9. The van der Waals surface area contributed by atoms with Gasteiger partial charge in [-0.2, -0.15) is 0 Å². The van der Waals surface area contributed by atoms with Crippen LogP contribution in [0.5, 0.6) is 0 Å². The lowest BCUT2D eigenvalue weighted by Gasteiger charge is -2.17. The molecule has 0 unspecified atom stereocenters. The molecule has 0 radical (unpaired) electrons. The maximum atomic E-state index is 13.0. The molecule has 1 fully saturated rings. The summed E-state index contributed by atoms with van der Waals surface area (Å²) in [6.07, 6.45) is 0.194. The van der Waals surface area contributed by atoms with Crippen LogP contribution in [0.1, 0.15) is 12.0 Å². The Hall–Kier alpha value is -2.60. The van der Waals surface area contributed by atoms with E-state index < -0.39 is 6.03 Å². The first-order valence-corrected chi connectivity index (χ1v) is 8.20. The molecule has 0 aliphatic carbocycles. The molecule has 0 saturated carbocycles. The van der Waals surface area contributed by atoms with E-state index in [1.807, 2.05) is 13.0 Å². The number of rotatable bonds is 3. The predicted octanol–water partition coefficient (Wildman–Crippen LogP) is 3.71. The van der Waals surface area contributed by atoms with Crippen molar-refractivity contribution in [3.63, 3.8) is 0 Å². The van der Waals surface area contributed by atoms with Gasteiger partial charge in [0.1, 0.15) is 5.82 Å². The summed E-state index contributed by atoms with van der Waals surface area (Å²) < 4.78 is 13.0. The predicted molar refractivity (Wildman–Crippen MR) is 95.5 cm³/mol. The fraction of sp³-hybridized carbons (Fsp3) is 0.222. The molecule has 3 amide bonds. The molecular formula is C18H17ClFN3O2. The minimum Gasteiger partial charge on any atom is -0.333 e. The maximum absolute atomic E-state index is 13.0. The second-order valence-electron chi connectivity index (χ2n) is 5.94. The highest BCUT2D eigenvalue weighted by Gasteiger charge is 2.31. The van der Waals surface area contributed by atoms with Crippen LogP contribution in [0.4, 0.5) is 20.6 Å². The van der Waals surface area contributed by atoms with Crippen molar-refractivity contribution in [2.24, 2.45) is 0 Å². The van der Waals surface area contributed by atoms with Crippen LogP contribution in [0.2, 0.25) is 5.02 Å². The Labute approximate surface area is 149 Å². The highest BCUT2D eigenvalue weighted by molar-refractivity contribution is 6.31. The van der Waals surface area contributed by atoms with Crippen molar-refractivity contribution in [3.05, 3.63) is 58.9 Å². The van der Waals surface area contributed by atoms with Gasteiger partial charge in [0, 0.05) is 29.4 Å². The zero-order valence-corrected chi connectivity index (χ0v) is 14.3. The zero-order valence-electron chi connectivity index (χ0n) is 13.6. The zero-order chi connectivity index (χ0) is 18.0. The average molecular weight is 362 g/mol. The van der Waals surface area contributed by atoms with Gasteiger partial charge in [0.25, 0.3) is 0 Å². The number of urea groups is 1. The Morgan fingerprint density at radius 1 is 1.24 bits per heavy atom. The molecule has 1 heterocycles. The third-order valence-corrected chi connectivity index (χ3v) is 4.28. The summed E-state index contributed by atoms with van der Waals surface area (Å²) >= 11 is 5.94. The lowest BCUT2D eigenvalue weighted by atomic mass is 10.2. The smallest absolute Gasteiger partial charge is 0.319 e. The number of carbonyl (C=O) groups is 2. The standard InChI is InChI=1S/C18H17ClFN3O2/c1-11-2-3-12(19)8-16(11)22-18(25)21-14-9-17(24)23(10-14)15-6-4-13(20)5-7-15/h2-8,14H,9-10H2,1H3,(H2,21,22,25)/t14-/m1/s1. The number of benzene rings is 2. The van der Waals surface area contributed by atoms with Crippen LogP contribution in [-0.4, -0.2) is 24.5 Å². The van der Waals surface area contributed by atoms with E-state index in [0.717, 1.165) is 5.56 Å². The van der Waals surface area contributed by atoms with Gasteiger partial charge in [-0.05, 0) is 48.9 Å². The molecular weight excluding hydrogens is 345 g/mol. The van der Waals surface area contributed by atoms with Crippen molar-refractivity contribution >= 4 is 34.9 Å². The quantitative estimate of drug-likeness (QED) is 0.875. The van der Waals surface area contributed by atoms with Gasteiger partial charge < -0.3 is 15.5 Å². The highest BCUT2D eigenvalue weighted by Crippen LogP contribution is 2.23. The van der Waals surface area contributed by atoms with Gasteiger partial charge in [0.2, 0.25) is 5.91 Å². The molecule has 130 valence electrons. The van der Waals surface area contributed by atoms with Crippen LogP contribution in [0.25, 0.3) is 0 Å². The number of hydrogen-bond donors (Lipinski definition) is 2. The van der Waals surface area contributed by atoms with E-state index in [0.29, 0.717) is 22.9 Å². The number of amides is 3. The first-order valence-electron chi connectivity index (χ1n) is 7.82. The van der Waals surface area contributed by atoms with Crippen LogP contribution in [0.3, 0.4) is 0 Å². The summed E-state index contributed by atoms with van der Waals surface area (Å²) in [4.78, 5) is 25.9. The van der Waals surface area contributed by atoms with Crippen molar-refractivity contribution < 1.29 is 14.0 Å². The molecule has 7 heteroatoms. The number of anilines is 2. The monoisotopic (exact) mass is 361 g/mol. The molecule has 0 aromatic heterocycles. The number of aryl methyl sites for hydroxylation is 1. The molecule has 3 rings (SSSR count). The van der Waals surface area contributed by atoms with E-state index in [1.165, 1.54) is 17.0 Å². The van der Waals surface area contributed by atoms with E-state index in [9.17, 15) is 14.0 Å². The van der Waals surface area contributed by atoms with Crippen LogP contribution in [-0.2, 0) is 4.79 Å². The number of nitrogens with one attached hydrogen (secondary N) is 2. The third kappa shape index (κ3) is 4.09. The van der Waals surface area contributed by atoms with E-state index in [-0.39, 0.29) is 24.2 Å². The van der Waals surface area contributed by atoms with Crippen LogP contribution < -0.4 is 15.5 Å². The second kappa shape index (κ2) is 7.11. The molecule has 1 saturated heterocycles. The summed E-state index contributed by atoms with van der Waals surface area (Å²) in [7, 11) is 0. The molecule has 5 nitrogen and oxygen atoms in total. The average Bonchev–Trinajstić information content (AvgIpc) is 2.92. The first kappa shape index (κ1) is 17.2. The molecule has 1 aliphatic rings.